The van der Waals surface area contributed by atoms with Crippen LogP contribution in [0.4, 0.5) is 5.69 Å². The molecule has 154 valence electrons. The molecule has 30 heavy (non-hydrogen) atoms. The molecule has 0 unspecified atom stereocenters. The van der Waals surface area contributed by atoms with Gasteiger partial charge in [-0.25, -0.2) is 9.78 Å². The van der Waals surface area contributed by atoms with Crippen LogP contribution < -0.4 is 16.6 Å². The number of hydrogen-bond donors (Lipinski definition) is 1. The maximum atomic E-state index is 13.2. The Labute approximate surface area is 176 Å². The van der Waals surface area contributed by atoms with Gasteiger partial charge in [0, 0.05) is 23.8 Å². The van der Waals surface area contributed by atoms with Gasteiger partial charge >= 0.3 is 5.69 Å². The summed E-state index contributed by atoms with van der Waals surface area (Å²) in [5.41, 5.74) is 2.42. The molecule has 0 aliphatic heterocycles. The molecule has 0 radical (unpaired) electrons. The number of thiophene rings is 1. The van der Waals surface area contributed by atoms with Crippen LogP contribution in [0.25, 0.3) is 20.4 Å². The van der Waals surface area contributed by atoms with Gasteiger partial charge in [0.25, 0.3) is 5.56 Å². The highest BCUT2D eigenvalue weighted by molar-refractivity contribution is 7.25. The van der Waals surface area contributed by atoms with Gasteiger partial charge < -0.3 is 5.32 Å². The van der Waals surface area contributed by atoms with Gasteiger partial charge in [0.2, 0.25) is 5.91 Å². The van der Waals surface area contributed by atoms with Crippen molar-refractivity contribution in [3.05, 3.63) is 68.5 Å². The Kier molecular flexibility index (Phi) is 5.26. The van der Waals surface area contributed by atoms with Crippen molar-refractivity contribution in [3.8, 4) is 0 Å². The highest BCUT2D eigenvalue weighted by Gasteiger charge is 2.20. The van der Waals surface area contributed by atoms with Gasteiger partial charge in [-0.15, -0.1) is 11.3 Å². The van der Waals surface area contributed by atoms with E-state index in [0.717, 1.165) is 11.1 Å². The summed E-state index contributed by atoms with van der Waals surface area (Å²) >= 11 is 1.25. The van der Waals surface area contributed by atoms with Gasteiger partial charge in [0.05, 0.1) is 5.52 Å². The first-order valence-electron chi connectivity index (χ1n) is 9.78. The number of rotatable bonds is 5. The number of fused-ring (bicyclic) bond motifs is 3. The summed E-state index contributed by atoms with van der Waals surface area (Å²) in [7, 11) is 0. The molecular formula is C22H22N4O3S. The van der Waals surface area contributed by atoms with Crippen LogP contribution in [-0.2, 0) is 17.9 Å². The molecule has 1 N–H and O–H groups in total. The quantitative estimate of drug-likeness (QED) is 0.534. The summed E-state index contributed by atoms with van der Waals surface area (Å²) < 4.78 is 3.04. The molecule has 8 heteroatoms. The second kappa shape index (κ2) is 7.87. The van der Waals surface area contributed by atoms with Crippen LogP contribution in [0, 0.1) is 13.8 Å². The smallest absolute Gasteiger partial charge is 0.325 e. The Balaban J connectivity index is 1.85. The Bertz CT molecular complexity index is 1380. The molecule has 0 aliphatic carbocycles. The highest BCUT2D eigenvalue weighted by Crippen LogP contribution is 2.29. The van der Waals surface area contributed by atoms with Gasteiger partial charge in [0.15, 0.2) is 0 Å². The number of hydrogen-bond acceptors (Lipinski definition) is 5. The van der Waals surface area contributed by atoms with Gasteiger partial charge in [-0.1, -0.05) is 13.0 Å². The molecule has 7 nitrogen and oxygen atoms in total. The second-order valence-electron chi connectivity index (χ2n) is 7.39. The zero-order valence-corrected chi connectivity index (χ0v) is 17.9. The molecule has 0 saturated heterocycles. The normalized spacial score (nSPS) is 11.3. The van der Waals surface area contributed by atoms with Crippen molar-refractivity contribution in [1.29, 1.82) is 0 Å². The minimum Gasteiger partial charge on any atom is -0.325 e. The maximum Gasteiger partial charge on any atom is 0.332 e. The fraction of sp³-hybridized carbons (Fsp3) is 0.273. The average Bonchev–Trinajstić information content (AvgIpc) is 3.07. The highest BCUT2D eigenvalue weighted by atomic mass is 32.1. The summed E-state index contributed by atoms with van der Waals surface area (Å²) in [6, 6.07) is 9.37. The van der Waals surface area contributed by atoms with Crippen molar-refractivity contribution in [2.24, 2.45) is 0 Å². The van der Waals surface area contributed by atoms with Crippen molar-refractivity contribution in [3.63, 3.8) is 0 Å². The van der Waals surface area contributed by atoms with E-state index in [2.05, 4.69) is 10.3 Å². The van der Waals surface area contributed by atoms with E-state index < -0.39 is 5.69 Å². The topological polar surface area (TPSA) is 86.0 Å². The molecule has 0 saturated carbocycles. The van der Waals surface area contributed by atoms with Crippen LogP contribution in [0.1, 0.15) is 24.5 Å². The third-order valence-corrected chi connectivity index (χ3v) is 5.96. The molecule has 4 aromatic rings. The van der Waals surface area contributed by atoms with E-state index in [4.69, 9.17) is 0 Å². The number of aryl methyl sites for hydroxylation is 2. The molecule has 3 aromatic heterocycles. The fourth-order valence-corrected chi connectivity index (χ4v) is 4.84. The Morgan fingerprint density at radius 2 is 1.87 bits per heavy atom. The number of benzene rings is 1. The molecule has 1 aromatic carbocycles. The van der Waals surface area contributed by atoms with Crippen molar-refractivity contribution in [2.45, 2.75) is 40.3 Å². The largest absolute Gasteiger partial charge is 0.332 e. The minimum absolute atomic E-state index is 0.187. The molecule has 4 rings (SSSR count). The van der Waals surface area contributed by atoms with Crippen LogP contribution in [0.2, 0.25) is 0 Å². The summed E-state index contributed by atoms with van der Waals surface area (Å²) in [6.45, 7) is 5.93. The van der Waals surface area contributed by atoms with Crippen molar-refractivity contribution < 1.29 is 4.79 Å². The van der Waals surface area contributed by atoms with Crippen molar-refractivity contribution >= 4 is 43.4 Å². The lowest BCUT2D eigenvalue weighted by atomic mass is 10.1. The lowest BCUT2D eigenvalue weighted by Crippen LogP contribution is -2.41. The van der Waals surface area contributed by atoms with Crippen LogP contribution in [0.3, 0.4) is 0 Å². The van der Waals surface area contributed by atoms with Crippen molar-refractivity contribution in [1.82, 2.24) is 14.1 Å². The first kappa shape index (κ1) is 20.0. The number of nitrogens with one attached hydrogen (secondary N) is 1. The molecule has 0 atom stereocenters. The molecule has 0 aliphatic rings. The molecule has 1 amide bonds. The summed E-state index contributed by atoms with van der Waals surface area (Å²) in [4.78, 5) is 43.9. The number of carbonyl (C=O) groups excluding carboxylic acids is 1. The van der Waals surface area contributed by atoms with E-state index in [9.17, 15) is 14.4 Å². The number of amides is 1. The van der Waals surface area contributed by atoms with Gasteiger partial charge in [-0.3, -0.25) is 18.7 Å². The number of pyridine rings is 1. The standard InChI is InChI=1S/C22H22N4O3S/c1-4-8-25-21(28)19-18(16-6-5-7-23-20(16)30-19)26(22(25)29)12-17(27)24-15-10-13(2)9-14(3)11-15/h5-7,9-11H,4,8,12H2,1-3H3,(H,24,27). The zero-order valence-electron chi connectivity index (χ0n) is 17.1. The second-order valence-corrected chi connectivity index (χ2v) is 8.39. The Morgan fingerprint density at radius 3 is 2.57 bits per heavy atom. The van der Waals surface area contributed by atoms with Crippen LogP contribution >= 0.6 is 11.3 Å². The SMILES string of the molecule is CCCn1c(=O)c2sc3ncccc3c2n(CC(=O)Nc2cc(C)cc(C)c2)c1=O. The van der Waals surface area contributed by atoms with Crippen LogP contribution in [0.5, 0.6) is 0 Å². The predicted octanol–water partition coefficient (Wildman–Crippen LogP) is 3.44. The number of carbonyl (C=O) groups is 1. The monoisotopic (exact) mass is 422 g/mol. The first-order chi connectivity index (χ1) is 14.4. The molecule has 0 bridgehead atoms. The third kappa shape index (κ3) is 3.54. The first-order valence-corrected chi connectivity index (χ1v) is 10.6. The molecule has 0 fully saturated rings. The Hall–Kier alpha value is -3.26. The number of anilines is 1. The molecule has 3 heterocycles. The van der Waals surface area contributed by atoms with Crippen LogP contribution in [0.15, 0.2) is 46.1 Å². The predicted molar refractivity (Wildman–Crippen MR) is 120 cm³/mol. The van der Waals surface area contributed by atoms with E-state index in [1.165, 1.54) is 20.5 Å². The number of nitrogens with zero attached hydrogens (tertiary/aromatic N) is 3. The van der Waals surface area contributed by atoms with E-state index in [-0.39, 0.29) is 18.0 Å². The Morgan fingerprint density at radius 1 is 1.13 bits per heavy atom. The lowest BCUT2D eigenvalue weighted by Gasteiger charge is -2.13. The van der Waals surface area contributed by atoms with Gasteiger partial charge in [-0.2, -0.15) is 0 Å². The summed E-state index contributed by atoms with van der Waals surface area (Å²) in [6.07, 6.45) is 2.29. The zero-order chi connectivity index (χ0) is 21.4. The van der Waals surface area contributed by atoms with Crippen molar-refractivity contribution in [2.75, 3.05) is 5.32 Å². The fourth-order valence-electron chi connectivity index (χ4n) is 3.74. The van der Waals surface area contributed by atoms with E-state index >= 15 is 0 Å². The summed E-state index contributed by atoms with van der Waals surface area (Å²) in [5.74, 6) is -0.326. The molecule has 0 spiro atoms. The average molecular weight is 423 g/mol. The van der Waals surface area contributed by atoms with Gasteiger partial charge in [-0.05, 0) is 55.7 Å². The lowest BCUT2D eigenvalue weighted by molar-refractivity contribution is -0.116. The molecular weight excluding hydrogens is 400 g/mol. The van der Waals surface area contributed by atoms with Crippen LogP contribution in [-0.4, -0.2) is 20.0 Å². The summed E-state index contributed by atoms with van der Waals surface area (Å²) in [5, 5.41) is 3.58. The van der Waals surface area contributed by atoms with E-state index in [0.29, 0.717) is 39.1 Å². The minimum atomic E-state index is -0.478. The number of aromatic nitrogens is 3. The third-order valence-electron chi connectivity index (χ3n) is 4.87. The van der Waals surface area contributed by atoms with E-state index in [1.807, 2.05) is 45.0 Å². The van der Waals surface area contributed by atoms with Gasteiger partial charge in [0.1, 0.15) is 16.1 Å². The van der Waals surface area contributed by atoms with E-state index in [1.54, 1.807) is 12.3 Å². The maximum absolute atomic E-state index is 13.2.